The van der Waals surface area contributed by atoms with Crippen LogP contribution in [0.15, 0.2) is 110 Å². The van der Waals surface area contributed by atoms with Crippen LogP contribution in [0.25, 0.3) is 39.2 Å². The van der Waals surface area contributed by atoms with E-state index in [1.165, 1.54) is 25.6 Å². The van der Waals surface area contributed by atoms with Gasteiger partial charge in [-0.25, -0.2) is 28.7 Å². The number of fused-ring (bicyclic) bond motifs is 1. The molecule has 0 bridgehead atoms. The largest absolute Gasteiger partial charge is 0.496 e. The van der Waals surface area contributed by atoms with Crippen LogP contribution in [0.1, 0.15) is 16.8 Å². The van der Waals surface area contributed by atoms with Crippen LogP contribution in [-0.4, -0.2) is 107 Å². The first-order valence-electron chi connectivity index (χ1n) is 20.7. The van der Waals surface area contributed by atoms with Crippen LogP contribution in [-0.2, 0) is 22.6 Å². The number of para-hydroxylation sites is 2. The Morgan fingerprint density at radius 1 is 0.857 bits per heavy atom. The Labute approximate surface area is 370 Å². The summed E-state index contributed by atoms with van der Waals surface area (Å²) in [6.07, 6.45) is 5.14. The summed E-state index contributed by atoms with van der Waals surface area (Å²) in [5.41, 5.74) is 6.55. The third-order valence-corrected chi connectivity index (χ3v) is 11.7. The number of ether oxygens (including phenoxy) is 4. The predicted octanol–water partition coefficient (Wildman–Crippen LogP) is 8.03. The molecule has 0 saturated carbocycles. The van der Waals surface area contributed by atoms with Crippen molar-refractivity contribution in [2.75, 3.05) is 65.9 Å². The molecular weight excluding hydrogens is 823 g/mol. The molecule has 0 aliphatic carbocycles. The molecule has 3 aromatic heterocycles. The molecule has 4 heterocycles. The van der Waals surface area contributed by atoms with Gasteiger partial charge in [0.25, 0.3) is 0 Å². The van der Waals surface area contributed by atoms with Crippen molar-refractivity contribution in [2.24, 2.45) is 0 Å². The number of likely N-dealkylation sites (N-methyl/N-ethyl adjacent to an activating group) is 1. The minimum absolute atomic E-state index is 0.145. The molecule has 1 aliphatic rings. The first-order valence-corrected chi connectivity index (χ1v) is 21.0. The van der Waals surface area contributed by atoms with Crippen molar-refractivity contribution >= 4 is 28.9 Å². The summed E-state index contributed by atoms with van der Waals surface area (Å²) >= 11 is 7.09. The van der Waals surface area contributed by atoms with Gasteiger partial charge in [-0.3, -0.25) is 4.90 Å². The number of nitrogens with one attached hydrogen (secondary N) is 1. The summed E-state index contributed by atoms with van der Waals surface area (Å²) in [7, 11) is 5.09. The zero-order valence-corrected chi connectivity index (χ0v) is 36.3. The van der Waals surface area contributed by atoms with Crippen molar-refractivity contribution in [1.82, 2.24) is 34.4 Å². The molecule has 7 aromatic rings. The molecule has 0 amide bonds. The van der Waals surface area contributed by atoms with Gasteiger partial charge in [0.15, 0.2) is 11.6 Å². The van der Waals surface area contributed by atoms with Crippen molar-refractivity contribution in [2.45, 2.75) is 26.0 Å². The molecule has 1 N–H and O–H groups in total. The van der Waals surface area contributed by atoms with Gasteiger partial charge in [-0.2, -0.15) is 5.10 Å². The number of anilines is 1. The summed E-state index contributed by atoms with van der Waals surface area (Å²) in [5.74, 6) is 1.82. The van der Waals surface area contributed by atoms with Gasteiger partial charge in [0, 0.05) is 62.7 Å². The highest BCUT2D eigenvalue weighted by Crippen LogP contribution is 2.44. The van der Waals surface area contributed by atoms with Crippen molar-refractivity contribution < 1.29 is 28.1 Å². The molecule has 15 heteroatoms. The Morgan fingerprint density at radius 2 is 1.62 bits per heavy atom. The Bertz CT molecular complexity index is 2710. The molecule has 1 atom stereocenters. The minimum Gasteiger partial charge on any atom is -0.496 e. The fourth-order valence-electron chi connectivity index (χ4n) is 7.76. The van der Waals surface area contributed by atoms with E-state index in [2.05, 4.69) is 37.2 Å². The van der Waals surface area contributed by atoms with E-state index in [4.69, 9.17) is 35.5 Å². The Balaban J connectivity index is 1.09. The van der Waals surface area contributed by atoms with Crippen molar-refractivity contribution in [1.29, 1.82) is 0 Å². The smallest absolute Gasteiger partial charge is 0.328 e. The van der Waals surface area contributed by atoms with Gasteiger partial charge in [-0.1, -0.05) is 60.1 Å². The summed E-state index contributed by atoms with van der Waals surface area (Å²) in [4.78, 5) is 32.2. The van der Waals surface area contributed by atoms with Gasteiger partial charge < -0.3 is 29.2 Å². The Hall–Kier alpha value is -6.61. The maximum atomic E-state index is 14.3. The van der Waals surface area contributed by atoms with Crippen LogP contribution in [0.5, 0.6) is 17.2 Å². The summed E-state index contributed by atoms with van der Waals surface area (Å²) in [6.45, 7) is 7.41. The van der Waals surface area contributed by atoms with Crippen molar-refractivity contribution in [3.63, 3.8) is 0 Å². The predicted molar refractivity (Wildman–Crippen MR) is 241 cm³/mol. The van der Waals surface area contributed by atoms with E-state index in [9.17, 15) is 9.18 Å². The number of carbonyl (C=O) groups excluding carboxylic acids is 1. The van der Waals surface area contributed by atoms with Gasteiger partial charge in [0.05, 0.1) is 30.5 Å². The van der Waals surface area contributed by atoms with E-state index in [1.54, 1.807) is 36.0 Å². The van der Waals surface area contributed by atoms with Crippen LogP contribution in [0, 0.1) is 12.7 Å². The lowest BCUT2D eigenvalue weighted by molar-refractivity contribution is -0.141. The third kappa shape index (κ3) is 9.73. The van der Waals surface area contributed by atoms with E-state index < -0.39 is 12.0 Å². The molecule has 8 rings (SSSR count). The van der Waals surface area contributed by atoms with E-state index >= 15 is 0 Å². The number of benzene rings is 4. The second-order valence-corrected chi connectivity index (χ2v) is 15.6. The molecule has 324 valence electrons. The monoisotopic (exact) mass is 870 g/mol. The average molecular weight is 871 g/mol. The molecule has 13 nitrogen and oxygen atoms in total. The zero-order valence-electron chi connectivity index (χ0n) is 35.6. The second-order valence-electron chi connectivity index (χ2n) is 15.3. The molecule has 4 aromatic carbocycles. The lowest BCUT2D eigenvalue weighted by Crippen LogP contribution is -2.45. The van der Waals surface area contributed by atoms with E-state index in [1.807, 2.05) is 73.8 Å². The third-order valence-electron chi connectivity index (χ3n) is 11.2. The molecule has 1 fully saturated rings. The zero-order chi connectivity index (χ0) is 43.9. The molecule has 1 saturated heterocycles. The van der Waals surface area contributed by atoms with E-state index in [0.717, 1.165) is 71.7 Å². The topological polar surface area (TPSA) is 128 Å². The Morgan fingerprint density at radius 3 is 2.40 bits per heavy atom. The van der Waals surface area contributed by atoms with Crippen molar-refractivity contribution in [3.05, 3.63) is 137 Å². The number of nitrogens with zero attached hydrogens (tertiary/aromatic N) is 7. The number of hydrogen-bond donors (Lipinski definition) is 1. The molecular formula is C48H48ClFN8O5. The van der Waals surface area contributed by atoms with Crippen molar-refractivity contribution in [3.8, 4) is 50.9 Å². The average Bonchev–Trinajstić information content (AvgIpc) is 3.70. The fourth-order valence-corrected chi connectivity index (χ4v) is 7.98. The van der Waals surface area contributed by atoms with Gasteiger partial charge in [-0.05, 0) is 78.7 Å². The highest BCUT2D eigenvalue weighted by atomic mass is 35.5. The quantitative estimate of drug-likeness (QED) is 0.0945. The van der Waals surface area contributed by atoms with E-state index in [-0.39, 0.29) is 18.8 Å². The summed E-state index contributed by atoms with van der Waals surface area (Å²) < 4.78 is 39.4. The molecule has 0 unspecified atom stereocenters. The number of esters is 1. The fraction of sp³-hybridized carbons (Fsp3) is 0.271. The number of hydrogen-bond acceptors (Lipinski definition) is 12. The number of rotatable bonds is 16. The number of aromatic nitrogens is 5. The summed E-state index contributed by atoms with van der Waals surface area (Å²) in [6, 6.07) is 26.1. The number of halogens is 2. The second kappa shape index (κ2) is 19.6. The highest BCUT2D eigenvalue weighted by Gasteiger charge is 2.27. The lowest BCUT2D eigenvalue weighted by atomic mass is 9.94. The molecule has 0 radical (unpaired) electrons. The highest BCUT2D eigenvalue weighted by molar-refractivity contribution is 6.33. The van der Waals surface area contributed by atoms with Gasteiger partial charge in [0.2, 0.25) is 0 Å². The Kier molecular flexibility index (Phi) is 13.4. The normalized spacial score (nSPS) is 13.7. The SMILES string of the molecule is COC(=O)[C@@H](Cc1ccccc1OCc1ccnc(-c2ccccc2OC)n1)Nc1ncnn2cc(-c3ccc(F)cc3)c(-c3ccc(OCCN4CCN(C)CC4)c(Cl)c3C)c12. The first-order chi connectivity index (χ1) is 30.7. The van der Waals surface area contributed by atoms with Gasteiger partial charge in [0.1, 0.15) is 54.2 Å². The number of piperazine rings is 1. The standard InChI is InChI=1S/C48H48ClFN8O5/c1-31-36(17-18-42(44(31)49)62-26-25-57-23-21-56(2)22-24-57)43-38(32-13-15-34(50)16-14-32)28-58-45(43)47(52-30-53-58)55-39(48(59)61-4)27-33-9-5-7-11-40(33)63-29-35-19-20-51-46(54-35)37-10-6-8-12-41(37)60-3/h5-20,28,30,39H,21-27,29H2,1-4H3,(H,52,53,55)/t39-/m1/s1. The number of carbonyl (C=O) groups is 1. The van der Waals surface area contributed by atoms with Crippen LogP contribution in [0.4, 0.5) is 10.2 Å². The minimum atomic E-state index is -0.910. The molecule has 0 spiro atoms. The van der Waals surface area contributed by atoms with Crippen LogP contribution >= 0.6 is 11.6 Å². The van der Waals surface area contributed by atoms with Gasteiger partial charge in [-0.15, -0.1) is 0 Å². The van der Waals surface area contributed by atoms with Crippen LogP contribution < -0.4 is 19.5 Å². The van der Waals surface area contributed by atoms with Gasteiger partial charge >= 0.3 is 5.97 Å². The van der Waals surface area contributed by atoms with Crippen LogP contribution in [0.3, 0.4) is 0 Å². The summed E-state index contributed by atoms with van der Waals surface area (Å²) in [5, 5.41) is 8.45. The number of methoxy groups -OCH3 is 2. The van der Waals surface area contributed by atoms with Crippen LogP contribution in [0.2, 0.25) is 5.02 Å². The first kappa shape index (κ1) is 43.1. The molecule has 63 heavy (non-hydrogen) atoms. The maximum Gasteiger partial charge on any atom is 0.328 e. The van der Waals surface area contributed by atoms with E-state index in [0.29, 0.717) is 51.7 Å². The maximum absolute atomic E-state index is 14.3. The molecule has 1 aliphatic heterocycles. The lowest BCUT2D eigenvalue weighted by Gasteiger charge is -2.32.